The van der Waals surface area contributed by atoms with Gasteiger partial charge in [-0.25, -0.2) is 0 Å². The molecule has 0 bridgehead atoms. The number of hydrogen-bond acceptors (Lipinski definition) is 1. The van der Waals surface area contributed by atoms with Crippen LogP contribution in [0.15, 0.2) is 0 Å². The maximum atomic E-state index is 5.92. The highest BCUT2D eigenvalue weighted by atomic mass is 35.5. The van der Waals surface area contributed by atoms with Gasteiger partial charge in [-0.3, -0.25) is 0 Å². The fraction of sp³-hybridized carbons (Fsp3) is 1.00. The summed E-state index contributed by atoms with van der Waals surface area (Å²) in [4.78, 5) is 0. The largest absolute Gasteiger partial charge is 0.380 e. The van der Waals surface area contributed by atoms with Gasteiger partial charge in [0.15, 0.2) is 0 Å². The van der Waals surface area contributed by atoms with Crippen molar-refractivity contribution >= 4 is 11.6 Å². The smallest absolute Gasteiger partial charge is 0.0630 e. The van der Waals surface area contributed by atoms with E-state index in [0.717, 1.165) is 13.0 Å². The summed E-state index contributed by atoms with van der Waals surface area (Å²) in [6.45, 7) is 5.93. The van der Waals surface area contributed by atoms with Crippen LogP contribution in [0.1, 0.15) is 58.8 Å². The van der Waals surface area contributed by atoms with Crippen LogP contribution < -0.4 is 0 Å². The summed E-state index contributed by atoms with van der Waals surface area (Å²) in [6, 6.07) is 0. The molecular weight excluding hydrogens is 196 g/mol. The molecular formula is C12H25ClO. The average molecular weight is 221 g/mol. The van der Waals surface area contributed by atoms with Gasteiger partial charge in [-0.15, -0.1) is 11.6 Å². The number of alkyl halides is 1. The van der Waals surface area contributed by atoms with Crippen LogP contribution in [0.4, 0.5) is 0 Å². The van der Waals surface area contributed by atoms with E-state index in [1.807, 2.05) is 0 Å². The first kappa shape index (κ1) is 14.2. The van der Waals surface area contributed by atoms with Crippen molar-refractivity contribution in [1.82, 2.24) is 0 Å². The summed E-state index contributed by atoms with van der Waals surface area (Å²) >= 11 is 5.92. The molecule has 0 saturated carbocycles. The average Bonchev–Trinajstić information content (AvgIpc) is 2.21. The summed E-state index contributed by atoms with van der Waals surface area (Å²) in [5, 5.41) is 0.204. The van der Waals surface area contributed by atoms with Crippen molar-refractivity contribution in [3.63, 3.8) is 0 Å². The Morgan fingerprint density at radius 2 is 1.64 bits per heavy atom. The van der Waals surface area contributed by atoms with E-state index in [-0.39, 0.29) is 5.38 Å². The Kier molecular flexibility index (Phi) is 11.5. The van der Waals surface area contributed by atoms with Crippen LogP contribution >= 0.6 is 11.6 Å². The fourth-order valence-corrected chi connectivity index (χ4v) is 1.40. The van der Waals surface area contributed by atoms with Gasteiger partial charge in [-0.1, -0.05) is 46.0 Å². The van der Waals surface area contributed by atoms with Crippen molar-refractivity contribution in [3.8, 4) is 0 Å². The maximum Gasteiger partial charge on any atom is 0.0630 e. The van der Waals surface area contributed by atoms with Crippen molar-refractivity contribution in [1.29, 1.82) is 0 Å². The van der Waals surface area contributed by atoms with Crippen LogP contribution in [0.25, 0.3) is 0 Å². The van der Waals surface area contributed by atoms with Crippen LogP contribution in [0.5, 0.6) is 0 Å². The summed E-state index contributed by atoms with van der Waals surface area (Å²) in [5.41, 5.74) is 0. The zero-order chi connectivity index (χ0) is 10.6. The van der Waals surface area contributed by atoms with E-state index in [4.69, 9.17) is 16.3 Å². The Balaban J connectivity index is 2.92. The van der Waals surface area contributed by atoms with Crippen LogP contribution in [0.3, 0.4) is 0 Å². The zero-order valence-corrected chi connectivity index (χ0v) is 10.5. The van der Waals surface area contributed by atoms with Crippen molar-refractivity contribution in [2.45, 2.75) is 64.2 Å². The summed E-state index contributed by atoms with van der Waals surface area (Å²) < 4.78 is 5.46. The Labute approximate surface area is 94.2 Å². The highest BCUT2D eigenvalue weighted by Gasteiger charge is 1.99. The van der Waals surface area contributed by atoms with Gasteiger partial charge in [0.25, 0.3) is 0 Å². The van der Waals surface area contributed by atoms with E-state index < -0.39 is 0 Å². The topological polar surface area (TPSA) is 9.23 Å². The third-order valence-corrected chi connectivity index (χ3v) is 2.82. The lowest BCUT2D eigenvalue weighted by Crippen LogP contribution is -2.08. The van der Waals surface area contributed by atoms with Gasteiger partial charge in [0, 0.05) is 6.61 Å². The second-order valence-corrected chi connectivity index (χ2v) is 4.47. The minimum Gasteiger partial charge on any atom is -0.380 e. The molecule has 1 nitrogen and oxygen atoms in total. The Morgan fingerprint density at radius 3 is 2.29 bits per heavy atom. The number of ether oxygens (including phenoxy) is 1. The fourth-order valence-electron chi connectivity index (χ4n) is 1.31. The molecule has 0 rings (SSSR count). The third-order valence-electron chi connectivity index (χ3n) is 2.38. The first-order valence-corrected chi connectivity index (χ1v) is 6.46. The number of hydrogen-bond donors (Lipinski definition) is 0. The minimum absolute atomic E-state index is 0.204. The van der Waals surface area contributed by atoms with E-state index in [9.17, 15) is 0 Å². The third kappa shape index (κ3) is 10.3. The van der Waals surface area contributed by atoms with Gasteiger partial charge in [-0.2, -0.15) is 0 Å². The second kappa shape index (κ2) is 11.3. The van der Waals surface area contributed by atoms with Crippen LogP contribution in [-0.2, 0) is 4.74 Å². The molecule has 0 heterocycles. The number of halogens is 1. The predicted molar refractivity (Wildman–Crippen MR) is 64.1 cm³/mol. The van der Waals surface area contributed by atoms with Crippen molar-refractivity contribution in [2.24, 2.45) is 0 Å². The van der Waals surface area contributed by atoms with Gasteiger partial charge in [0.1, 0.15) is 0 Å². The molecule has 0 aromatic carbocycles. The molecule has 0 radical (unpaired) electrons. The molecule has 0 saturated heterocycles. The summed E-state index contributed by atoms with van der Waals surface area (Å²) in [6.07, 6.45) is 8.93. The molecule has 0 aromatic heterocycles. The second-order valence-electron chi connectivity index (χ2n) is 3.85. The molecule has 0 aromatic rings. The van der Waals surface area contributed by atoms with E-state index in [1.165, 1.54) is 38.5 Å². The van der Waals surface area contributed by atoms with E-state index in [0.29, 0.717) is 6.61 Å². The Bertz CT molecular complexity index is 106. The maximum absolute atomic E-state index is 5.92. The lowest BCUT2D eigenvalue weighted by Gasteiger charge is -2.07. The van der Waals surface area contributed by atoms with Crippen molar-refractivity contribution in [2.75, 3.05) is 13.2 Å². The van der Waals surface area contributed by atoms with Crippen molar-refractivity contribution in [3.05, 3.63) is 0 Å². The standard InChI is InChI=1S/C12H25ClO/c1-3-5-6-7-8-9-10-14-11-12(13)4-2/h12H,3-11H2,1-2H3. The lowest BCUT2D eigenvalue weighted by atomic mass is 10.1. The quantitative estimate of drug-likeness (QED) is 0.392. The zero-order valence-electron chi connectivity index (χ0n) is 9.73. The molecule has 0 aliphatic rings. The SMILES string of the molecule is CCCCCCCCOCC(Cl)CC. The Hall–Kier alpha value is 0.250. The molecule has 0 spiro atoms. The monoisotopic (exact) mass is 220 g/mol. The molecule has 0 amide bonds. The summed E-state index contributed by atoms with van der Waals surface area (Å²) in [5.74, 6) is 0. The molecule has 0 aliphatic carbocycles. The van der Waals surface area contributed by atoms with Gasteiger partial charge >= 0.3 is 0 Å². The predicted octanol–water partition coefficient (Wildman–Crippen LogP) is 4.38. The minimum atomic E-state index is 0.204. The van der Waals surface area contributed by atoms with E-state index in [1.54, 1.807) is 0 Å². The van der Waals surface area contributed by atoms with E-state index >= 15 is 0 Å². The normalized spacial score (nSPS) is 13.1. The lowest BCUT2D eigenvalue weighted by molar-refractivity contribution is 0.129. The molecule has 0 fully saturated rings. The highest BCUT2D eigenvalue weighted by Crippen LogP contribution is 2.06. The number of unbranched alkanes of at least 4 members (excludes halogenated alkanes) is 5. The summed E-state index contributed by atoms with van der Waals surface area (Å²) in [7, 11) is 0. The van der Waals surface area contributed by atoms with Gasteiger partial charge < -0.3 is 4.74 Å². The van der Waals surface area contributed by atoms with Crippen LogP contribution in [-0.4, -0.2) is 18.6 Å². The molecule has 1 atom stereocenters. The van der Waals surface area contributed by atoms with E-state index in [2.05, 4.69) is 13.8 Å². The van der Waals surface area contributed by atoms with Crippen LogP contribution in [0, 0.1) is 0 Å². The van der Waals surface area contributed by atoms with Gasteiger partial charge in [-0.05, 0) is 12.8 Å². The molecule has 0 N–H and O–H groups in total. The molecule has 2 heteroatoms. The number of rotatable bonds is 10. The molecule has 0 aliphatic heterocycles. The van der Waals surface area contributed by atoms with Crippen molar-refractivity contribution < 1.29 is 4.74 Å². The van der Waals surface area contributed by atoms with Gasteiger partial charge in [0.05, 0.1) is 12.0 Å². The molecule has 86 valence electrons. The first-order chi connectivity index (χ1) is 6.81. The first-order valence-electron chi connectivity index (χ1n) is 6.03. The van der Waals surface area contributed by atoms with Gasteiger partial charge in [0.2, 0.25) is 0 Å². The Morgan fingerprint density at radius 1 is 1.00 bits per heavy atom. The molecule has 1 unspecified atom stereocenters. The van der Waals surface area contributed by atoms with Crippen LogP contribution in [0.2, 0.25) is 0 Å². The highest BCUT2D eigenvalue weighted by molar-refractivity contribution is 6.20. The molecule has 14 heavy (non-hydrogen) atoms.